The molecule has 0 aromatic carbocycles. The molecule has 0 unspecified atom stereocenters. The van der Waals surface area contributed by atoms with Gasteiger partial charge in [-0.15, -0.1) is 4.55 Å². The molecule has 0 bridgehead atoms. The van der Waals surface area contributed by atoms with E-state index < -0.39 is 0 Å². The predicted molar refractivity (Wildman–Crippen MR) is 42.7 cm³/mol. The van der Waals surface area contributed by atoms with E-state index in [4.69, 9.17) is 0 Å². The van der Waals surface area contributed by atoms with Gasteiger partial charge < -0.3 is 12.9 Å². The highest BCUT2D eigenvalue weighted by Gasteiger charge is 1.91. The van der Waals surface area contributed by atoms with Gasteiger partial charge in [0.1, 0.15) is 0 Å². The zero-order valence-corrected chi connectivity index (χ0v) is 8.25. The fourth-order valence-corrected chi connectivity index (χ4v) is 3.36. The summed E-state index contributed by atoms with van der Waals surface area (Å²) < 4.78 is 1.30. The number of halogens is 1. The van der Waals surface area contributed by atoms with Crippen LogP contribution in [0.5, 0.6) is 0 Å². The van der Waals surface area contributed by atoms with Crippen molar-refractivity contribution in [2.75, 3.05) is 0 Å². The van der Waals surface area contributed by atoms with E-state index in [-0.39, 0.29) is 18.2 Å². The van der Waals surface area contributed by atoms with Gasteiger partial charge in [0.2, 0.25) is 0 Å². The van der Waals surface area contributed by atoms with Crippen LogP contribution in [0.15, 0.2) is 16.8 Å². The second-order valence-electron chi connectivity index (χ2n) is 1.57. The maximum Gasteiger partial charge on any atom is 0.473 e. The van der Waals surface area contributed by atoms with Crippen molar-refractivity contribution in [1.82, 2.24) is 0 Å². The molecule has 0 atom stereocenters. The van der Waals surface area contributed by atoms with Crippen molar-refractivity contribution in [2.45, 2.75) is 4.55 Å². The van der Waals surface area contributed by atoms with Gasteiger partial charge in [-0.25, -0.2) is 0 Å². The van der Waals surface area contributed by atoms with Crippen LogP contribution in [0.4, 0.5) is 0 Å². The molecule has 40 valence electrons. The Kier molecular flexibility index (Phi) is 3.42. The fraction of sp³-hybridized carbons (Fsp3) is 0.200. The molecule has 0 amide bonds. The minimum absolute atomic E-state index is 0.0642. The Labute approximate surface area is 68.9 Å². The zero-order valence-electron chi connectivity index (χ0n) is 4.43. The number of hydrogen-bond acceptors (Lipinski definition) is 1. The van der Waals surface area contributed by atoms with E-state index in [1.165, 1.54) is 10.1 Å². The molecule has 1 heterocycles. The van der Waals surface area contributed by atoms with E-state index in [0.29, 0.717) is 0 Å². The molecule has 0 nitrogen and oxygen atoms in total. The summed E-state index contributed by atoms with van der Waals surface area (Å²) in [5, 5.41) is 4.35. The quantitative estimate of drug-likeness (QED) is 0.644. The Bertz CT molecular complexity index is 138. The summed E-state index contributed by atoms with van der Waals surface area (Å²) in [4.78, 5) is 0. The highest BCUT2D eigenvalue weighted by molar-refractivity contribution is 9.23. The molecule has 0 aliphatic rings. The SMILES string of the molecule is [Br][Mg][CH2]c1ccsc1. The van der Waals surface area contributed by atoms with E-state index in [9.17, 15) is 0 Å². The first-order chi connectivity index (χ1) is 3.93. The molecule has 0 aliphatic carbocycles. The summed E-state index contributed by atoms with van der Waals surface area (Å²) in [7, 11) is 0. The molecule has 1 aromatic rings. The van der Waals surface area contributed by atoms with Crippen LogP contribution in [0.1, 0.15) is 5.56 Å². The number of thiophene rings is 1. The van der Waals surface area contributed by atoms with Crippen molar-refractivity contribution >= 4 is 42.4 Å². The highest BCUT2D eigenvalue weighted by atomic mass is 79.9. The highest BCUT2D eigenvalue weighted by Crippen LogP contribution is 2.05. The minimum atomic E-state index is 0.0642. The van der Waals surface area contributed by atoms with Gasteiger partial charge in [-0.3, -0.25) is 0 Å². The van der Waals surface area contributed by atoms with Crippen LogP contribution in [0.3, 0.4) is 0 Å². The van der Waals surface area contributed by atoms with Crippen molar-refractivity contribution in [3.8, 4) is 0 Å². The summed E-state index contributed by atoms with van der Waals surface area (Å²) in [6.45, 7) is 0. The summed E-state index contributed by atoms with van der Waals surface area (Å²) >= 11 is 5.36. The molecule has 0 spiro atoms. The largest absolute Gasteiger partial charge is 0.473 e. The maximum atomic E-state index is 3.51. The van der Waals surface area contributed by atoms with Crippen molar-refractivity contribution in [2.24, 2.45) is 0 Å². The van der Waals surface area contributed by atoms with Crippen LogP contribution in [0.2, 0.25) is 0 Å². The zero-order chi connectivity index (χ0) is 5.82. The lowest BCUT2D eigenvalue weighted by atomic mass is 10.4. The normalized spacial score (nSPS) is 8.62. The molecule has 3 heteroatoms. The van der Waals surface area contributed by atoms with Crippen LogP contribution in [0, 0.1) is 0 Å². The van der Waals surface area contributed by atoms with Crippen molar-refractivity contribution in [3.05, 3.63) is 22.4 Å². The van der Waals surface area contributed by atoms with Gasteiger partial charge in [-0.2, -0.15) is 11.3 Å². The summed E-state index contributed by atoms with van der Waals surface area (Å²) in [6, 6.07) is 2.19. The van der Waals surface area contributed by atoms with E-state index in [1.807, 2.05) is 0 Å². The monoisotopic (exact) mass is 200 g/mol. The Morgan fingerprint density at radius 2 is 2.62 bits per heavy atom. The van der Waals surface area contributed by atoms with Crippen molar-refractivity contribution in [1.29, 1.82) is 0 Å². The summed E-state index contributed by atoms with van der Waals surface area (Å²) in [6.07, 6.45) is 0. The Balaban J connectivity index is 2.50. The van der Waals surface area contributed by atoms with Gasteiger partial charge in [0, 0.05) is 0 Å². The molecule has 0 radical (unpaired) electrons. The van der Waals surface area contributed by atoms with Crippen LogP contribution in [-0.2, 0) is 4.55 Å². The van der Waals surface area contributed by atoms with Gasteiger partial charge in [0.15, 0.2) is 0 Å². The topological polar surface area (TPSA) is 0 Å². The third-order valence-corrected chi connectivity index (χ3v) is 3.65. The molecule has 0 N–H and O–H groups in total. The van der Waals surface area contributed by atoms with E-state index in [2.05, 4.69) is 29.7 Å². The third-order valence-electron chi connectivity index (χ3n) is 0.963. The fourth-order valence-electron chi connectivity index (χ4n) is 0.544. The average Bonchev–Trinajstić information content (AvgIpc) is 2.19. The first kappa shape index (κ1) is 7.06. The molecule has 8 heavy (non-hydrogen) atoms. The Hall–Kier alpha value is 0.946. The second-order valence-corrected chi connectivity index (χ2v) is 5.61. The average molecular weight is 201 g/mol. The lowest BCUT2D eigenvalue weighted by Crippen LogP contribution is -1.82. The lowest BCUT2D eigenvalue weighted by molar-refractivity contribution is 1.46. The van der Waals surface area contributed by atoms with Gasteiger partial charge in [-0.1, -0.05) is 11.6 Å². The maximum absolute atomic E-state index is 3.51. The number of rotatable bonds is 2. The van der Waals surface area contributed by atoms with Gasteiger partial charge in [-0.05, 0) is 10.8 Å². The van der Waals surface area contributed by atoms with E-state index >= 15 is 0 Å². The minimum Gasteiger partial charge on any atom is -0.306 e. The van der Waals surface area contributed by atoms with Gasteiger partial charge in [0.25, 0.3) is 0 Å². The first-order valence-electron chi connectivity index (χ1n) is 2.50. The second kappa shape index (κ2) is 3.88. The van der Waals surface area contributed by atoms with Crippen LogP contribution >= 0.6 is 24.2 Å². The summed E-state index contributed by atoms with van der Waals surface area (Å²) in [5.74, 6) is 0. The summed E-state index contributed by atoms with van der Waals surface area (Å²) in [5.41, 5.74) is 1.50. The molecule has 1 aromatic heterocycles. The first-order valence-corrected chi connectivity index (χ1v) is 8.34. The molecular weight excluding hydrogens is 196 g/mol. The molecule has 0 fully saturated rings. The van der Waals surface area contributed by atoms with Gasteiger partial charge in [0.05, 0.1) is 0 Å². The Morgan fingerprint density at radius 3 is 3.12 bits per heavy atom. The smallest absolute Gasteiger partial charge is 0.306 e. The van der Waals surface area contributed by atoms with Crippen LogP contribution in [0.25, 0.3) is 0 Å². The molecular formula is C5H5BrMgS. The Morgan fingerprint density at radius 1 is 1.75 bits per heavy atom. The van der Waals surface area contributed by atoms with Crippen molar-refractivity contribution in [3.63, 3.8) is 0 Å². The standard InChI is InChI=1S/C5H5S.BrH.Mg/c1-5-2-3-6-4-5;;/h2-4H,1H2;1H;/q;;+1/p-1. The van der Waals surface area contributed by atoms with Gasteiger partial charge >= 0.3 is 18.2 Å². The van der Waals surface area contributed by atoms with E-state index in [0.717, 1.165) is 0 Å². The number of hydrogen-bond donors (Lipinski definition) is 0. The molecule has 0 aliphatic heterocycles. The molecule has 1 rings (SSSR count). The lowest BCUT2D eigenvalue weighted by Gasteiger charge is -1.83. The molecule has 0 saturated heterocycles. The van der Waals surface area contributed by atoms with Crippen LogP contribution < -0.4 is 0 Å². The third kappa shape index (κ3) is 2.05. The van der Waals surface area contributed by atoms with Crippen molar-refractivity contribution < 1.29 is 0 Å². The molecule has 0 saturated carbocycles. The predicted octanol–water partition coefficient (Wildman–Crippen LogP) is 2.26. The van der Waals surface area contributed by atoms with Crippen LogP contribution in [-0.4, -0.2) is 18.2 Å². The van der Waals surface area contributed by atoms with E-state index in [1.54, 1.807) is 11.3 Å².